The summed E-state index contributed by atoms with van der Waals surface area (Å²) in [6.45, 7) is 4.01. The van der Waals surface area contributed by atoms with Gasteiger partial charge >= 0.3 is 0 Å². The van der Waals surface area contributed by atoms with E-state index in [2.05, 4.69) is 17.0 Å². The van der Waals surface area contributed by atoms with E-state index in [1.165, 1.54) is 11.8 Å². The highest BCUT2D eigenvalue weighted by atomic mass is 35.5. The normalized spacial score (nSPS) is 15.0. The van der Waals surface area contributed by atoms with Gasteiger partial charge in [-0.1, -0.05) is 54.1 Å². The Hall–Kier alpha value is -2.69. The van der Waals surface area contributed by atoms with Crippen LogP contribution in [-0.2, 0) is 6.54 Å². The number of rotatable bonds is 4. The molecule has 142 valence electrons. The van der Waals surface area contributed by atoms with Crippen LogP contribution < -0.4 is 0 Å². The van der Waals surface area contributed by atoms with Gasteiger partial charge in [0.15, 0.2) is 0 Å². The number of hydrogen-bond acceptors (Lipinski definition) is 3. The molecule has 0 spiro atoms. The molecular formula is C23H22ClN3O. The average molecular weight is 392 g/mol. The first-order valence-electron chi connectivity index (χ1n) is 9.44. The van der Waals surface area contributed by atoms with Gasteiger partial charge in [0.1, 0.15) is 0 Å². The van der Waals surface area contributed by atoms with Crippen molar-refractivity contribution in [3.63, 3.8) is 0 Å². The van der Waals surface area contributed by atoms with E-state index < -0.39 is 0 Å². The lowest BCUT2D eigenvalue weighted by Gasteiger charge is -2.35. The number of benzene rings is 3. The third kappa shape index (κ3) is 3.79. The monoisotopic (exact) mass is 391 g/mol. The smallest absolute Gasteiger partial charge is 0.254 e. The second-order valence-corrected chi connectivity index (χ2v) is 7.52. The summed E-state index contributed by atoms with van der Waals surface area (Å²) in [5.41, 5.74) is 2.78. The first-order chi connectivity index (χ1) is 13.7. The van der Waals surface area contributed by atoms with Gasteiger partial charge in [0, 0.05) is 49.5 Å². The fourth-order valence-corrected chi connectivity index (χ4v) is 3.89. The molecule has 1 aliphatic rings. The molecule has 3 aromatic rings. The van der Waals surface area contributed by atoms with E-state index in [0.717, 1.165) is 41.0 Å². The van der Waals surface area contributed by atoms with Gasteiger partial charge in [-0.25, -0.2) is 0 Å². The highest BCUT2D eigenvalue weighted by Crippen LogP contribution is 2.24. The van der Waals surface area contributed by atoms with Crippen LogP contribution >= 0.6 is 11.6 Å². The average Bonchev–Trinajstić information content (AvgIpc) is 2.74. The van der Waals surface area contributed by atoms with Crippen molar-refractivity contribution < 1.29 is 4.79 Å². The number of hydrogen-bond donors (Lipinski definition) is 1. The molecule has 0 aliphatic carbocycles. The molecule has 28 heavy (non-hydrogen) atoms. The predicted molar refractivity (Wildman–Crippen MR) is 114 cm³/mol. The van der Waals surface area contributed by atoms with Crippen molar-refractivity contribution in [3.05, 3.63) is 82.4 Å². The number of carbonyl (C=O) groups excluding carboxylic acids is 1. The van der Waals surface area contributed by atoms with E-state index in [-0.39, 0.29) is 5.91 Å². The molecular weight excluding hydrogens is 370 g/mol. The van der Waals surface area contributed by atoms with Gasteiger partial charge in [-0.05, 0) is 40.1 Å². The minimum atomic E-state index is 0.0684. The Labute approximate surface area is 169 Å². The summed E-state index contributed by atoms with van der Waals surface area (Å²) in [5, 5.41) is 10.2. The molecule has 1 heterocycles. The minimum Gasteiger partial charge on any atom is -0.336 e. The Kier molecular flexibility index (Phi) is 5.42. The molecule has 4 rings (SSSR count). The zero-order chi connectivity index (χ0) is 19.5. The molecule has 1 amide bonds. The second kappa shape index (κ2) is 8.13. The number of piperazine rings is 1. The van der Waals surface area contributed by atoms with E-state index >= 15 is 0 Å². The summed E-state index contributed by atoms with van der Waals surface area (Å²) in [7, 11) is 0. The van der Waals surface area contributed by atoms with Crippen LogP contribution in [0, 0.1) is 5.41 Å². The first kappa shape index (κ1) is 18.7. The molecule has 1 saturated heterocycles. The number of amides is 1. The third-order valence-corrected chi connectivity index (χ3v) is 5.57. The van der Waals surface area contributed by atoms with Crippen LogP contribution in [0.1, 0.15) is 21.5 Å². The SMILES string of the molecule is N=Cc1ccc(C(=O)N2CCN(Cc3ccc(Cl)cc3)CC2)c2ccccc12. The van der Waals surface area contributed by atoms with Gasteiger partial charge in [0.05, 0.1) is 0 Å². The van der Waals surface area contributed by atoms with Crippen LogP contribution in [0.15, 0.2) is 60.7 Å². The molecule has 3 aromatic carbocycles. The molecule has 1 N–H and O–H groups in total. The Morgan fingerprint density at radius 2 is 1.61 bits per heavy atom. The summed E-state index contributed by atoms with van der Waals surface area (Å²) in [6, 6.07) is 19.5. The Bertz CT molecular complexity index is 1010. The topological polar surface area (TPSA) is 47.4 Å². The van der Waals surface area contributed by atoms with Gasteiger partial charge in [-0.15, -0.1) is 0 Å². The van der Waals surface area contributed by atoms with Gasteiger partial charge in [-0.2, -0.15) is 0 Å². The molecule has 0 bridgehead atoms. The Balaban J connectivity index is 1.46. The highest BCUT2D eigenvalue weighted by molar-refractivity contribution is 6.30. The zero-order valence-corrected chi connectivity index (χ0v) is 16.3. The molecule has 0 unspecified atom stereocenters. The standard InChI is InChI=1S/C23H22ClN3O/c24-19-8-5-17(6-9-19)16-26-11-13-27(14-12-26)23(28)22-10-7-18(15-25)20-3-1-2-4-21(20)22/h1-10,15,25H,11-14,16H2. The van der Waals surface area contributed by atoms with Crippen molar-refractivity contribution in [2.24, 2.45) is 0 Å². The maximum atomic E-state index is 13.2. The van der Waals surface area contributed by atoms with Gasteiger partial charge in [-0.3, -0.25) is 9.69 Å². The number of fused-ring (bicyclic) bond motifs is 1. The van der Waals surface area contributed by atoms with E-state index in [4.69, 9.17) is 17.0 Å². The summed E-state index contributed by atoms with van der Waals surface area (Å²) in [4.78, 5) is 17.5. The maximum absolute atomic E-state index is 13.2. The van der Waals surface area contributed by atoms with Crippen molar-refractivity contribution in [1.82, 2.24) is 9.80 Å². The molecule has 5 heteroatoms. The van der Waals surface area contributed by atoms with Crippen LogP contribution in [0.2, 0.25) is 5.02 Å². The van der Waals surface area contributed by atoms with Crippen LogP contribution in [0.3, 0.4) is 0 Å². The van der Waals surface area contributed by atoms with Crippen molar-refractivity contribution in [2.45, 2.75) is 6.54 Å². The Morgan fingerprint density at radius 3 is 2.29 bits per heavy atom. The van der Waals surface area contributed by atoms with Crippen LogP contribution in [0.4, 0.5) is 0 Å². The van der Waals surface area contributed by atoms with Crippen molar-refractivity contribution in [3.8, 4) is 0 Å². The molecule has 0 aromatic heterocycles. The molecule has 0 saturated carbocycles. The fourth-order valence-electron chi connectivity index (χ4n) is 3.76. The Morgan fingerprint density at radius 1 is 0.929 bits per heavy atom. The van der Waals surface area contributed by atoms with E-state index in [9.17, 15) is 4.79 Å². The predicted octanol–water partition coefficient (Wildman–Crippen LogP) is 4.45. The third-order valence-electron chi connectivity index (χ3n) is 5.32. The van der Waals surface area contributed by atoms with Crippen LogP contribution in [-0.4, -0.2) is 48.1 Å². The number of nitrogens with zero attached hydrogens (tertiary/aromatic N) is 2. The first-order valence-corrected chi connectivity index (χ1v) is 9.82. The summed E-state index contributed by atoms with van der Waals surface area (Å²) >= 11 is 5.96. The van der Waals surface area contributed by atoms with E-state index in [1.54, 1.807) is 0 Å². The summed E-state index contributed by atoms with van der Waals surface area (Å²) in [6.07, 6.45) is 1.34. The molecule has 0 radical (unpaired) electrons. The molecule has 4 nitrogen and oxygen atoms in total. The number of nitrogens with one attached hydrogen (secondary N) is 1. The zero-order valence-electron chi connectivity index (χ0n) is 15.6. The van der Waals surface area contributed by atoms with Crippen molar-refractivity contribution >= 4 is 34.5 Å². The number of halogens is 1. The minimum absolute atomic E-state index is 0.0684. The van der Waals surface area contributed by atoms with Gasteiger partial charge in [0.2, 0.25) is 0 Å². The van der Waals surface area contributed by atoms with E-state index in [1.807, 2.05) is 53.4 Å². The largest absolute Gasteiger partial charge is 0.336 e. The highest BCUT2D eigenvalue weighted by Gasteiger charge is 2.23. The number of carbonyl (C=O) groups is 1. The molecule has 1 fully saturated rings. The lowest BCUT2D eigenvalue weighted by molar-refractivity contribution is 0.0630. The summed E-state index contributed by atoms with van der Waals surface area (Å²) < 4.78 is 0. The van der Waals surface area contributed by atoms with Gasteiger partial charge < -0.3 is 10.3 Å². The lowest BCUT2D eigenvalue weighted by atomic mass is 9.99. The summed E-state index contributed by atoms with van der Waals surface area (Å²) in [5.74, 6) is 0.0684. The van der Waals surface area contributed by atoms with Gasteiger partial charge in [0.25, 0.3) is 5.91 Å². The fraction of sp³-hybridized carbons (Fsp3) is 0.217. The van der Waals surface area contributed by atoms with Crippen LogP contribution in [0.25, 0.3) is 10.8 Å². The van der Waals surface area contributed by atoms with Crippen molar-refractivity contribution in [1.29, 1.82) is 5.41 Å². The quantitative estimate of drug-likeness (QED) is 0.668. The van der Waals surface area contributed by atoms with E-state index in [0.29, 0.717) is 18.7 Å². The van der Waals surface area contributed by atoms with Crippen molar-refractivity contribution in [2.75, 3.05) is 26.2 Å². The molecule has 1 aliphatic heterocycles. The van der Waals surface area contributed by atoms with Crippen LogP contribution in [0.5, 0.6) is 0 Å². The lowest BCUT2D eigenvalue weighted by Crippen LogP contribution is -2.48. The molecule has 0 atom stereocenters. The second-order valence-electron chi connectivity index (χ2n) is 7.09. The maximum Gasteiger partial charge on any atom is 0.254 e.